The summed E-state index contributed by atoms with van der Waals surface area (Å²) in [5.74, 6) is 1.71. The lowest BCUT2D eigenvalue weighted by atomic mass is 10.2. The summed E-state index contributed by atoms with van der Waals surface area (Å²) in [5, 5.41) is 2.89. The Morgan fingerprint density at radius 2 is 1.86 bits per heavy atom. The summed E-state index contributed by atoms with van der Waals surface area (Å²) >= 11 is 0. The van der Waals surface area contributed by atoms with Gasteiger partial charge in [0.05, 0.1) is 11.3 Å². The van der Waals surface area contributed by atoms with Crippen molar-refractivity contribution < 1.29 is 9.53 Å². The molecular weight excluding hydrogens is 352 g/mol. The molecule has 138 valence electrons. The number of carbonyl (C=O) groups excluding carboxylic acids is 1. The first kappa shape index (κ1) is 17.5. The quantitative estimate of drug-likeness (QED) is 0.556. The lowest BCUT2D eigenvalue weighted by molar-refractivity contribution is 0.102. The Hall–Kier alpha value is -3.93. The van der Waals surface area contributed by atoms with Crippen molar-refractivity contribution in [3.8, 4) is 17.3 Å². The molecule has 0 saturated heterocycles. The number of imidazole rings is 1. The number of benzene rings is 2. The van der Waals surface area contributed by atoms with E-state index >= 15 is 0 Å². The molecule has 6 nitrogen and oxygen atoms in total. The summed E-state index contributed by atoms with van der Waals surface area (Å²) in [6.45, 7) is 2.02. The molecule has 2 aromatic heterocycles. The Bertz CT molecular complexity index is 1070. The fourth-order valence-electron chi connectivity index (χ4n) is 2.65. The van der Waals surface area contributed by atoms with Crippen molar-refractivity contribution in [3.63, 3.8) is 0 Å². The van der Waals surface area contributed by atoms with Crippen LogP contribution >= 0.6 is 0 Å². The molecule has 0 fully saturated rings. The molecule has 0 aliphatic rings. The minimum Gasteiger partial charge on any atom is -0.455 e. The van der Waals surface area contributed by atoms with Crippen LogP contribution in [0.25, 0.3) is 5.82 Å². The smallest absolute Gasteiger partial charge is 0.257 e. The molecule has 2 aromatic carbocycles. The van der Waals surface area contributed by atoms with Gasteiger partial charge >= 0.3 is 0 Å². The Kier molecular flexibility index (Phi) is 4.84. The number of aromatic nitrogens is 3. The molecule has 0 saturated carbocycles. The van der Waals surface area contributed by atoms with Crippen LogP contribution < -0.4 is 10.1 Å². The van der Waals surface area contributed by atoms with Gasteiger partial charge in [-0.3, -0.25) is 9.36 Å². The van der Waals surface area contributed by atoms with E-state index < -0.39 is 0 Å². The summed E-state index contributed by atoms with van der Waals surface area (Å²) in [5.41, 5.74) is 2.20. The van der Waals surface area contributed by atoms with Crippen LogP contribution in [0.2, 0.25) is 0 Å². The SMILES string of the molecule is Cc1ccc(Oc2ccccc2NC(=O)c2ccc(-n3ccnc3)nc2)cc1. The van der Waals surface area contributed by atoms with Gasteiger partial charge in [-0.05, 0) is 43.3 Å². The highest BCUT2D eigenvalue weighted by molar-refractivity contribution is 6.04. The molecule has 1 amide bonds. The zero-order valence-corrected chi connectivity index (χ0v) is 15.2. The van der Waals surface area contributed by atoms with Crippen molar-refractivity contribution in [2.45, 2.75) is 6.92 Å². The average molecular weight is 370 g/mol. The van der Waals surface area contributed by atoms with Gasteiger partial charge in [-0.15, -0.1) is 0 Å². The molecular formula is C22H18N4O2. The third kappa shape index (κ3) is 3.91. The maximum atomic E-state index is 12.6. The third-order valence-corrected chi connectivity index (χ3v) is 4.16. The predicted molar refractivity (Wildman–Crippen MR) is 107 cm³/mol. The van der Waals surface area contributed by atoms with E-state index in [1.165, 1.54) is 6.20 Å². The Morgan fingerprint density at radius 3 is 2.57 bits per heavy atom. The van der Waals surface area contributed by atoms with Crippen molar-refractivity contribution in [2.24, 2.45) is 0 Å². The van der Waals surface area contributed by atoms with Crippen LogP contribution in [-0.2, 0) is 0 Å². The lowest BCUT2D eigenvalue weighted by Gasteiger charge is -2.12. The third-order valence-electron chi connectivity index (χ3n) is 4.16. The maximum Gasteiger partial charge on any atom is 0.257 e. The van der Waals surface area contributed by atoms with Gasteiger partial charge in [0.15, 0.2) is 5.75 Å². The summed E-state index contributed by atoms with van der Waals surface area (Å²) in [6.07, 6.45) is 6.66. The summed E-state index contributed by atoms with van der Waals surface area (Å²) in [7, 11) is 0. The van der Waals surface area contributed by atoms with Crippen LogP contribution in [0.4, 0.5) is 5.69 Å². The monoisotopic (exact) mass is 370 g/mol. The molecule has 6 heteroatoms. The van der Waals surface area contributed by atoms with Crippen LogP contribution in [0.15, 0.2) is 85.6 Å². The molecule has 4 rings (SSSR count). The fourth-order valence-corrected chi connectivity index (χ4v) is 2.65. The number of nitrogens with zero attached hydrogens (tertiary/aromatic N) is 3. The molecule has 0 atom stereocenters. The van der Waals surface area contributed by atoms with Gasteiger partial charge < -0.3 is 10.1 Å². The van der Waals surface area contributed by atoms with E-state index in [1.807, 2.05) is 49.4 Å². The first-order valence-corrected chi connectivity index (χ1v) is 8.78. The zero-order valence-electron chi connectivity index (χ0n) is 15.2. The van der Waals surface area contributed by atoms with Crippen molar-refractivity contribution in [1.29, 1.82) is 0 Å². The highest BCUT2D eigenvalue weighted by atomic mass is 16.5. The number of hydrogen-bond acceptors (Lipinski definition) is 4. The van der Waals surface area contributed by atoms with E-state index in [9.17, 15) is 4.79 Å². The second kappa shape index (κ2) is 7.75. The summed E-state index contributed by atoms with van der Waals surface area (Å²) in [4.78, 5) is 20.9. The molecule has 28 heavy (non-hydrogen) atoms. The number of hydrogen-bond donors (Lipinski definition) is 1. The van der Waals surface area contributed by atoms with Crippen LogP contribution in [0, 0.1) is 6.92 Å². The van der Waals surface area contributed by atoms with E-state index in [0.717, 1.165) is 5.56 Å². The Labute approximate surface area is 162 Å². The lowest BCUT2D eigenvalue weighted by Crippen LogP contribution is -2.13. The van der Waals surface area contributed by atoms with Gasteiger partial charge in [-0.25, -0.2) is 9.97 Å². The molecule has 0 bridgehead atoms. The molecule has 0 radical (unpaired) electrons. The number of aryl methyl sites for hydroxylation is 1. The number of ether oxygens (including phenoxy) is 1. The average Bonchev–Trinajstić information content (AvgIpc) is 3.26. The predicted octanol–water partition coefficient (Wildman–Crippen LogP) is 4.62. The van der Waals surface area contributed by atoms with Gasteiger partial charge in [0, 0.05) is 18.6 Å². The van der Waals surface area contributed by atoms with Gasteiger partial charge in [0.1, 0.15) is 17.9 Å². The van der Waals surface area contributed by atoms with Gasteiger partial charge in [0.25, 0.3) is 5.91 Å². The van der Waals surface area contributed by atoms with Crippen molar-refractivity contribution in [2.75, 3.05) is 5.32 Å². The number of para-hydroxylation sites is 2. The van der Waals surface area contributed by atoms with Gasteiger partial charge in [-0.2, -0.15) is 0 Å². The molecule has 0 aliphatic heterocycles. The molecule has 0 spiro atoms. The standard InChI is InChI=1S/C22H18N4O2/c1-16-6-9-18(10-7-16)28-20-5-3-2-4-19(20)25-22(27)17-8-11-21(24-14-17)26-13-12-23-15-26/h2-15H,1H3,(H,25,27). The summed E-state index contributed by atoms with van der Waals surface area (Å²) < 4.78 is 7.70. The molecule has 1 N–H and O–H groups in total. The fraction of sp³-hybridized carbons (Fsp3) is 0.0455. The largest absolute Gasteiger partial charge is 0.455 e. The van der Waals surface area contributed by atoms with Crippen LogP contribution in [0.5, 0.6) is 11.5 Å². The Balaban J connectivity index is 1.51. The zero-order chi connectivity index (χ0) is 19.3. The van der Waals surface area contributed by atoms with E-state index in [2.05, 4.69) is 15.3 Å². The number of carbonyl (C=O) groups is 1. The molecule has 2 heterocycles. The number of nitrogens with one attached hydrogen (secondary N) is 1. The number of amides is 1. The first-order valence-electron chi connectivity index (χ1n) is 8.78. The van der Waals surface area contributed by atoms with E-state index in [-0.39, 0.29) is 5.91 Å². The van der Waals surface area contributed by atoms with E-state index in [0.29, 0.717) is 28.6 Å². The highest BCUT2D eigenvalue weighted by Gasteiger charge is 2.11. The topological polar surface area (TPSA) is 69.0 Å². The highest BCUT2D eigenvalue weighted by Crippen LogP contribution is 2.29. The normalized spacial score (nSPS) is 10.5. The second-order valence-corrected chi connectivity index (χ2v) is 6.24. The van der Waals surface area contributed by atoms with Crippen molar-refractivity contribution in [3.05, 3.63) is 96.7 Å². The maximum absolute atomic E-state index is 12.6. The number of pyridine rings is 1. The van der Waals surface area contributed by atoms with Gasteiger partial charge in [-0.1, -0.05) is 29.8 Å². The van der Waals surface area contributed by atoms with Crippen molar-refractivity contribution in [1.82, 2.24) is 14.5 Å². The van der Waals surface area contributed by atoms with Gasteiger partial charge in [0.2, 0.25) is 0 Å². The van der Waals surface area contributed by atoms with Crippen LogP contribution in [0.1, 0.15) is 15.9 Å². The molecule has 0 unspecified atom stereocenters. The van der Waals surface area contributed by atoms with Crippen LogP contribution in [0.3, 0.4) is 0 Å². The molecule has 4 aromatic rings. The van der Waals surface area contributed by atoms with Crippen LogP contribution in [-0.4, -0.2) is 20.4 Å². The Morgan fingerprint density at radius 1 is 1.04 bits per heavy atom. The summed E-state index contributed by atoms with van der Waals surface area (Å²) in [6, 6.07) is 18.6. The number of anilines is 1. The van der Waals surface area contributed by atoms with Crippen molar-refractivity contribution >= 4 is 11.6 Å². The minimum atomic E-state index is -0.260. The second-order valence-electron chi connectivity index (χ2n) is 6.24. The minimum absolute atomic E-state index is 0.260. The van der Waals surface area contributed by atoms with E-state index in [4.69, 9.17) is 4.74 Å². The van der Waals surface area contributed by atoms with E-state index in [1.54, 1.807) is 41.5 Å². The molecule has 0 aliphatic carbocycles. The first-order chi connectivity index (χ1) is 13.7. The number of rotatable bonds is 5.